The number of aromatic nitrogens is 1. The minimum Gasteiger partial charge on any atom is -0.392 e. The molecule has 0 spiro atoms. The third kappa shape index (κ3) is 2.98. The summed E-state index contributed by atoms with van der Waals surface area (Å²) in [6.07, 6.45) is -0.362. The second-order valence-corrected chi connectivity index (χ2v) is 5.83. The molecule has 1 fully saturated rings. The summed E-state index contributed by atoms with van der Waals surface area (Å²) in [5.74, 6) is -0.429. The van der Waals surface area contributed by atoms with Crippen LogP contribution in [-0.4, -0.2) is 64.6 Å². The quantitative estimate of drug-likeness (QED) is 0.902. The maximum absolute atomic E-state index is 13.7. The Kier molecular flexibility index (Phi) is 4.13. The van der Waals surface area contributed by atoms with Gasteiger partial charge in [0.15, 0.2) is 0 Å². The van der Waals surface area contributed by atoms with Gasteiger partial charge in [-0.1, -0.05) is 6.07 Å². The van der Waals surface area contributed by atoms with E-state index in [4.69, 9.17) is 0 Å². The van der Waals surface area contributed by atoms with Crippen molar-refractivity contribution in [2.45, 2.75) is 13.0 Å². The molecule has 6 heteroatoms. The van der Waals surface area contributed by atoms with Crippen LogP contribution in [0.15, 0.2) is 24.3 Å². The lowest BCUT2D eigenvalue weighted by Gasteiger charge is -2.35. The molecular formula is C16H20FN3O2. The fourth-order valence-electron chi connectivity index (χ4n) is 2.91. The molecule has 1 saturated heterocycles. The average molecular weight is 305 g/mol. The number of hydrogen-bond donors (Lipinski definition) is 2. The molecule has 1 aliphatic rings. The third-order valence-corrected chi connectivity index (χ3v) is 4.02. The van der Waals surface area contributed by atoms with Gasteiger partial charge < -0.3 is 15.0 Å². The van der Waals surface area contributed by atoms with Gasteiger partial charge in [-0.2, -0.15) is 0 Å². The lowest BCUT2D eigenvalue weighted by atomic mass is 10.2. The molecule has 0 aliphatic carbocycles. The van der Waals surface area contributed by atoms with E-state index < -0.39 is 0 Å². The van der Waals surface area contributed by atoms with Crippen LogP contribution in [0.4, 0.5) is 4.39 Å². The highest BCUT2D eigenvalue weighted by molar-refractivity contribution is 5.98. The van der Waals surface area contributed by atoms with Gasteiger partial charge in [0.25, 0.3) is 5.91 Å². The highest BCUT2D eigenvalue weighted by Crippen LogP contribution is 2.20. The summed E-state index contributed by atoms with van der Waals surface area (Å²) in [6, 6.07) is 6.35. The monoisotopic (exact) mass is 305 g/mol. The Balaban J connectivity index is 1.70. The highest BCUT2D eigenvalue weighted by Gasteiger charge is 2.24. The van der Waals surface area contributed by atoms with E-state index >= 15 is 0 Å². The molecule has 1 aromatic heterocycles. The summed E-state index contributed by atoms with van der Waals surface area (Å²) in [4.78, 5) is 19.4. The van der Waals surface area contributed by atoms with E-state index in [1.165, 1.54) is 6.07 Å². The van der Waals surface area contributed by atoms with Gasteiger partial charge in [0.2, 0.25) is 0 Å². The van der Waals surface area contributed by atoms with Crippen LogP contribution in [0.3, 0.4) is 0 Å². The Bertz CT molecular complexity index is 675. The lowest BCUT2D eigenvalue weighted by Crippen LogP contribution is -2.50. The van der Waals surface area contributed by atoms with Crippen molar-refractivity contribution in [2.75, 3.05) is 32.7 Å². The zero-order valence-electron chi connectivity index (χ0n) is 12.6. The number of aliphatic hydroxyl groups excluding tert-OH is 1. The van der Waals surface area contributed by atoms with Crippen molar-refractivity contribution in [1.29, 1.82) is 0 Å². The number of H-pyrrole nitrogens is 1. The third-order valence-electron chi connectivity index (χ3n) is 4.02. The van der Waals surface area contributed by atoms with Gasteiger partial charge in [-0.15, -0.1) is 0 Å². The molecule has 5 nitrogen and oxygen atoms in total. The largest absolute Gasteiger partial charge is 0.392 e. The van der Waals surface area contributed by atoms with Crippen molar-refractivity contribution in [3.63, 3.8) is 0 Å². The highest BCUT2D eigenvalue weighted by atomic mass is 19.1. The molecule has 118 valence electrons. The number of piperazine rings is 1. The first-order valence-electron chi connectivity index (χ1n) is 7.51. The molecule has 0 radical (unpaired) electrons. The molecule has 2 aromatic rings. The molecule has 0 unspecified atom stereocenters. The van der Waals surface area contributed by atoms with Crippen LogP contribution >= 0.6 is 0 Å². The van der Waals surface area contributed by atoms with Gasteiger partial charge in [-0.3, -0.25) is 9.69 Å². The van der Waals surface area contributed by atoms with E-state index in [0.717, 1.165) is 13.1 Å². The van der Waals surface area contributed by atoms with Crippen LogP contribution in [0.25, 0.3) is 10.9 Å². The minimum absolute atomic E-state index is 0.104. The first kappa shape index (κ1) is 15.0. The zero-order chi connectivity index (χ0) is 15.7. The average Bonchev–Trinajstić information content (AvgIpc) is 2.92. The number of benzene rings is 1. The van der Waals surface area contributed by atoms with Gasteiger partial charge in [0, 0.05) is 43.6 Å². The van der Waals surface area contributed by atoms with Crippen molar-refractivity contribution < 1.29 is 14.3 Å². The molecule has 2 N–H and O–H groups in total. The zero-order valence-corrected chi connectivity index (χ0v) is 12.6. The summed E-state index contributed by atoms with van der Waals surface area (Å²) < 4.78 is 13.7. The fourth-order valence-corrected chi connectivity index (χ4v) is 2.91. The van der Waals surface area contributed by atoms with Crippen LogP contribution in [0.2, 0.25) is 0 Å². The van der Waals surface area contributed by atoms with E-state index in [0.29, 0.717) is 36.2 Å². The maximum Gasteiger partial charge on any atom is 0.270 e. The Morgan fingerprint density at radius 1 is 1.36 bits per heavy atom. The smallest absolute Gasteiger partial charge is 0.270 e. The van der Waals surface area contributed by atoms with Gasteiger partial charge in [0.1, 0.15) is 11.5 Å². The Hall–Kier alpha value is -1.92. The SMILES string of the molecule is C[C@@H](O)CN1CCN(C(=O)c2cc3c(F)cccc3[nH]2)CC1. The lowest BCUT2D eigenvalue weighted by molar-refractivity contribution is 0.0550. The molecule has 0 saturated carbocycles. The fraction of sp³-hybridized carbons (Fsp3) is 0.438. The van der Waals surface area contributed by atoms with Crippen molar-refractivity contribution >= 4 is 16.8 Å². The van der Waals surface area contributed by atoms with E-state index in [-0.39, 0.29) is 17.8 Å². The van der Waals surface area contributed by atoms with Gasteiger partial charge in [0.05, 0.1) is 6.10 Å². The standard InChI is InChI=1S/C16H20FN3O2/c1-11(21)10-19-5-7-20(8-6-19)16(22)15-9-12-13(17)3-2-4-14(12)18-15/h2-4,9,11,18,21H,5-8,10H2,1H3/t11-/m1/s1. The summed E-state index contributed by atoms with van der Waals surface area (Å²) >= 11 is 0. The molecule has 2 heterocycles. The number of aliphatic hydroxyl groups is 1. The number of fused-ring (bicyclic) bond motifs is 1. The van der Waals surface area contributed by atoms with E-state index in [1.807, 2.05) is 0 Å². The van der Waals surface area contributed by atoms with Crippen molar-refractivity contribution in [2.24, 2.45) is 0 Å². The number of hydrogen-bond acceptors (Lipinski definition) is 3. The number of nitrogens with zero attached hydrogens (tertiary/aromatic N) is 2. The molecule has 1 aliphatic heterocycles. The molecule has 1 aromatic carbocycles. The number of β-amino-alcohol motifs (C(OH)–C–C–N with tert-alkyl or cyclic N) is 1. The molecule has 1 amide bonds. The van der Waals surface area contributed by atoms with E-state index in [1.54, 1.807) is 30.0 Å². The summed E-state index contributed by atoms with van der Waals surface area (Å²) in [6.45, 7) is 5.10. The number of rotatable bonds is 3. The first-order chi connectivity index (χ1) is 10.5. The molecule has 3 rings (SSSR count). The minimum atomic E-state index is -0.362. The van der Waals surface area contributed by atoms with Crippen LogP contribution in [0.1, 0.15) is 17.4 Å². The predicted molar refractivity (Wildman–Crippen MR) is 82.3 cm³/mol. The Morgan fingerprint density at radius 3 is 2.73 bits per heavy atom. The number of carbonyl (C=O) groups is 1. The number of aromatic amines is 1. The molecule has 22 heavy (non-hydrogen) atoms. The van der Waals surface area contributed by atoms with Crippen LogP contribution in [0.5, 0.6) is 0 Å². The van der Waals surface area contributed by atoms with Gasteiger partial charge >= 0.3 is 0 Å². The number of halogens is 1. The predicted octanol–water partition coefficient (Wildman–Crippen LogP) is 1.45. The number of nitrogens with one attached hydrogen (secondary N) is 1. The molecule has 0 bridgehead atoms. The summed E-state index contributed by atoms with van der Waals surface area (Å²) in [7, 11) is 0. The van der Waals surface area contributed by atoms with Crippen molar-refractivity contribution in [3.05, 3.63) is 35.8 Å². The second kappa shape index (κ2) is 6.06. The van der Waals surface area contributed by atoms with Gasteiger partial charge in [-0.25, -0.2) is 4.39 Å². The van der Waals surface area contributed by atoms with Crippen molar-refractivity contribution in [3.8, 4) is 0 Å². The van der Waals surface area contributed by atoms with E-state index in [9.17, 15) is 14.3 Å². The summed E-state index contributed by atoms with van der Waals surface area (Å²) in [5, 5.41) is 9.84. The Labute approximate surface area is 128 Å². The topological polar surface area (TPSA) is 59.6 Å². The van der Waals surface area contributed by atoms with Crippen LogP contribution in [-0.2, 0) is 0 Å². The second-order valence-electron chi connectivity index (χ2n) is 5.83. The van der Waals surface area contributed by atoms with Crippen LogP contribution < -0.4 is 0 Å². The number of amides is 1. The van der Waals surface area contributed by atoms with Crippen LogP contribution in [0, 0.1) is 5.82 Å². The van der Waals surface area contributed by atoms with Crippen molar-refractivity contribution in [1.82, 2.24) is 14.8 Å². The van der Waals surface area contributed by atoms with Gasteiger partial charge in [-0.05, 0) is 25.1 Å². The maximum atomic E-state index is 13.7. The normalized spacial score (nSPS) is 17.9. The summed E-state index contributed by atoms with van der Waals surface area (Å²) in [5.41, 5.74) is 1.06. The molecular weight excluding hydrogens is 285 g/mol. The Morgan fingerprint density at radius 2 is 2.09 bits per heavy atom. The number of carbonyl (C=O) groups excluding carboxylic acids is 1. The first-order valence-corrected chi connectivity index (χ1v) is 7.51. The van der Waals surface area contributed by atoms with E-state index in [2.05, 4.69) is 9.88 Å². The molecule has 1 atom stereocenters.